The zero-order valence-electron chi connectivity index (χ0n) is 12.9. The minimum atomic E-state index is -0.617. The maximum atomic E-state index is 11.0. The lowest BCUT2D eigenvalue weighted by molar-refractivity contribution is 0.323. The Balaban J connectivity index is 2.58. The van der Waals surface area contributed by atoms with Gasteiger partial charge in [-0.3, -0.25) is 0 Å². The molecule has 20 heavy (non-hydrogen) atoms. The molecule has 1 aromatic heterocycles. The molecule has 1 aromatic rings. The van der Waals surface area contributed by atoms with E-state index in [0.717, 1.165) is 25.4 Å². The second kappa shape index (κ2) is 7.73. The van der Waals surface area contributed by atoms with Gasteiger partial charge in [-0.15, -0.1) is 16.7 Å². The van der Waals surface area contributed by atoms with Gasteiger partial charge in [0.2, 0.25) is 5.37 Å². The van der Waals surface area contributed by atoms with Gasteiger partial charge in [-0.05, 0) is 18.3 Å². The number of hydrogen-bond donors (Lipinski definition) is 0. The monoisotopic (exact) mass is 300 g/mol. The summed E-state index contributed by atoms with van der Waals surface area (Å²) in [5, 5.41) is 6.41. The maximum absolute atomic E-state index is 11.0. The van der Waals surface area contributed by atoms with Crippen LogP contribution in [-0.4, -0.2) is 40.4 Å². The fourth-order valence-corrected chi connectivity index (χ4v) is 2.51. The first-order valence-electron chi connectivity index (χ1n) is 6.92. The van der Waals surface area contributed by atoms with Crippen LogP contribution in [0.2, 0.25) is 0 Å². The molecular formula is C13H24N4O2S. The summed E-state index contributed by atoms with van der Waals surface area (Å²) < 4.78 is 5.17. The van der Waals surface area contributed by atoms with Gasteiger partial charge in [-0.2, -0.15) is 4.98 Å². The van der Waals surface area contributed by atoms with E-state index < -0.39 is 5.37 Å². The van der Waals surface area contributed by atoms with Crippen LogP contribution < -0.4 is 0 Å². The van der Waals surface area contributed by atoms with Crippen molar-refractivity contribution >= 4 is 11.8 Å². The fraction of sp³-hybridized carbons (Fsp3) is 0.846. The smallest absolute Gasteiger partial charge is 0.265 e. The summed E-state index contributed by atoms with van der Waals surface area (Å²) in [5.41, 5.74) is -0.193. The number of hydrogen-bond acceptors (Lipinski definition) is 7. The zero-order valence-corrected chi connectivity index (χ0v) is 13.7. The summed E-state index contributed by atoms with van der Waals surface area (Å²) in [7, 11) is 0. The normalized spacial score (nSPS) is 13.7. The molecule has 0 amide bonds. The van der Waals surface area contributed by atoms with Crippen molar-refractivity contribution < 1.29 is 4.52 Å². The quantitative estimate of drug-likeness (QED) is 0.686. The summed E-state index contributed by atoms with van der Waals surface area (Å²) in [6.07, 6.45) is 0. The molecule has 0 bridgehead atoms. The average Bonchev–Trinajstić information content (AvgIpc) is 2.88. The predicted octanol–water partition coefficient (Wildman–Crippen LogP) is 3.21. The van der Waals surface area contributed by atoms with E-state index in [9.17, 15) is 4.91 Å². The maximum Gasteiger partial charge on any atom is 0.265 e. The molecular weight excluding hydrogens is 276 g/mol. The Morgan fingerprint density at radius 3 is 2.45 bits per heavy atom. The van der Waals surface area contributed by atoms with Gasteiger partial charge in [0, 0.05) is 17.7 Å². The molecule has 1 atom stereocenters. The first kappa shape index (κ1) is 17.1. The number of aromatic nitrogens is 2. The molecule has 0 aliphatic carbocycles. The van der Waals surface area contributed by atoms with Crippen LogP contribution in [0.3, 0.4) is 0 Å². The highest BCUT2D eigenvalue weighted by Crippen LogP contribution is 2.30. The van der Waals surface area contributed by atoms with E-state index in [4.69, 9.17) is 4.52 Å². The molecule has 0 spiro atoms. The topological polar surface area (TPSA) is 71.6 Å². The van der Waals surface area contributed by atoms with Crippen LogP contribution in [-0.2, 0) is 5.41 Å². The van der Waals surface area contributed by atoms with E-state index in [2.05, 4.69) is 34.1 Å². The van der Waals surface area contributed by atoms with Crippen molar-refractivity contribution in [3.8, 4) is 0 Å². The van der Waals surface area contributed by atoms with Gasteiger partial charge in [-0.1, -0.05) is 39.8 Å². The minimum Gasteiger partial charge on any atom is -0.336 e. The lowest BCUT2D eigenvalue weighted by Crippen LogP contribution is -2.25. The third kappa shape index (κ3) is 4.86. The third-order valence-corrected chi connectivity index (χ3v) is 4.02. The molecule has 1 heterocycles. The first-order chi connectivity index (χ1) is 9.42. The molecule has 6 nitrogen and oxygen atoms in total. The van der Waals surface area contributed by atoms with Crippen LogP contribution in [0.1, 0.15) is 51.7 Å². The molecule has 1 rings (SSSR count). The van der Waals surface area contributed by atoms with Crippen LogP contribution in [0.15, 0.2) is 9.70 Å². The van der Waals surface area contributed by atoms with Crippen LogP contribution in [0.4, 0.5) is 0 Å². The van der Waals surface area contributed by atoms with Gasteiger partial charge < -0.3 is 9.42 Å². The van der Waals surface area contributed by atoms with Gasteiger partial charge in [0.25, 0.3) is 5.89 Å². The molecule has 0 aliphatic rings. The van der Waals surface area contributed by atoms with Gasteiger partial charge in [0.15, 0.2) is 5.82 Å². The average molecular weight is 300 g/mol. The van der Waals surface area contributed by atoms with Crippen molar-refractivity contribution in [2.24, 2.45) is 5.18 Å². The van der Waals surface area contributed by atoms with E-state index in [0.29, 0.717) is 11.7 Å². The van der Waals surface area contributed by atoms with Gasteiger partial charge >= 0.3 is 0 Å². The fourth-order valence-electron chi connectivity index (χ4n) is 1.62. The summed E-state index contributed by atoms with van der Waals surface area (Å²) in [6, 6.07) is 0. The summed E-state index contributed by atoms with van der Waals surface area (Å²) in [4.78, 5) is 17.5. The van der Waals surface area contributed by atoms with Crippen LogP contribution >= 0.6 is 11.8 Å². The van der Waals surface area contributed by atoms with Crippen molar-refractivity contribution in [2.75, 3.05) is 25.4 Å². The lowest BCUT2D eigenvalue weighted by atomic mass is 9.96. The molecule has 7 heteroatoms. The Morgan fingerprint density at radius 2 is 2.00 bits per heavy atom. The predicted molar refractivity (Wildman–Crippen MR) is 81.8 cm³/mol. The highest BCUT2D eigenvalue weighted by atomic mass is 32.2. The largest absolute Gasteiger partial charge is 0.336 e. The zero-order chi connectivity index (χ0) is 15.2. The molecule has 0 N–H and O–H groups in total. The van der Waals surface area contributed by atoms with Gasteiger partial charge in [-0.25, -0.2) is 0 Å². The van der Waals surface area contributed by atoms with Gasteiger partial charge in [0.05, 0.1) is 0 Å². The van der Waals surface area contributed by atoms with Crippen molar-refractivity contribution in [3.63, 3.8) is 0 Å². The van der Waals surface area contributed by atoms with E-state index in [1.165, 1.54) is 11.8 Å². The molecule has 0 saturated carbocycles. The second-order valence-electron chi connectivity index (χ2n) is 5.56. The molecule has 114 valence electrons. The number of rotatable bonds is 8. The SMILES string of the molecule is CCN(CC)CCSC(N=O)c1nc(C(C)(C)C)no1. The molecule has 0 aromatic carbocycles. The number of nitrogens with zero attached hydrogens (tertiary/aromatic N) is 4. The first-order valence-corrected chi connectivity index (χ1v) is 7.97. The van der Waals surface area contributed by atoms with E-state index in [-0.39, 0.29) is 5.41 Å². The Hall–Kier alpha value is -0.950. The third-order valence-electron chi connectivity index (χ3n) is 3.00. The summed E-state index contributed by atoms with van der Waals surface area (Å²) in [5.74, 6) is 1.71. The van der Waals surface area contributed by atoms with Crippen molar-refractivity contribution in [2.45, 2.75) is 45.4 Å². The Kier molecular flexibility index (Phi) is 6.61. The van der Waals surface area contributed by atoms with Crippen molar-refractivity contribution in [1.29, 1.82) is 0 Å². The minimum absolute atomic E-state index is 0.193. The Bertz CT molecular complexity index is 413. The van der Waals surface area contributed by atoms with Crippen LogP contribution in [0.5, 0.6) is 0 Å². The van der Waals surface area contributed by atoms with Crippen LogP contribution in [0, 0.1) is 4.91 Å². The second-order valence-corrected chi connectivity index (χ2v) is 6.75. The Labute approximate surface area is 124 Å². The summed E-state index contributed by atoms with van der Waals surface area (Å²) >= 11 is 1.44. The molecule has 0 fully saturated rings. The molecule has 0 aliphatic heterocycles. The lowest BCUT2D eigenvalue weighted by Gasteiger charge is -2.17. The van der Waals surface area contributed by atoms with E-state index >= 15 is 0 Å². The molecule has 1 unspecified atom stereocenters. The molecule has 0 radical (unpaired) electrons. The standard InChI is InChI=1S/C13H24N4O2S/c1-6-17(7-2)8-9-20-11(15-18)10-14-12(16-19-10)13(3,4)5/h11H,6-9H2,1-5H3. The summed E-state index contributed by atoms with van der Waals surface area (Å²) in [6.45, 7) is 13.2. The molecule has 0 saturated heterocycles. The Morgan fingerprint density at radius 1 is 1.35 bits per heavy atom. The van der Waals surface area contributed by atoms with E-state index in [1.54, 1.807) is 0 Å². The number of thioether (sulfide) groups is 1. The van der Waals surface area contributed by atoms with Crippen molar-refractivity contribution in [3.05, 3.63) is 16.6 Å². The number of nitroso groups, excluding NO2 is 1. The van der Waals surface area contributed by atoms with Crippen molar-refractivity contribution in [1.82, 2.24) is 15.0 Å². The van der Waals surface area contributed by atoms with Crippen LogP contribution in [0.25, 0.3) is 0 Å². The van der Waals surface area contributed by atoms with E-state index in [1.807, 2.05) is 20.8 Å². The highest BCUT2D eigenvalue weighted by molar-refractivity contribution is 7.99. The van der Waals surface area contributed by atoms with Gasteiger partial charge in [0.1, 0.15) is 0 Å². The highest BCUT2D eigenvalue weighted by Gasteiger charge is 2.25.